The Labute approximate surface area is 193 Å². The van der Waals surface area contributed by atoms with Crippen molar-refractivity contribution in [2.45, 2.75) is 4.90 Å². The molecule has 1 aliphatic heterocycles. The molecule has 0 unspecified atom stereocenters. The van der Waals surface area contributed by atoms with Gasteiger partial charge in [-0.25, -0.2) is 13.1 Å². The second-order valence-electron chi connectivity index (χ2n) is 6.50. The van der Waals surface area contributed by atoms with Crippen molar-refractivity contribution in [3.63, 3.8) is 0 Å². The predicted molar refractivity (Wildman–Crippen MR) is 125 cm³/mol. The lowest BCUT2D eigenvalue weighted by molar-refractivity contribution is -0.115. The first kappa shape index (κ1) is 22.2. The Morgan fingerprint density at radius 1 is 1.25 bits per heavy atom. The lowest BCUT2D eigenvalue weighted by Crippen LogP contribution is -2.26. The number of aromatic nitrogens is 1. The molecule has 1 amide bonds. The smallest absolute Gasteiger partial charge is 0.263 e. The van der Waals surface area contributed by atoms with E-state index in [-0.39, 0.29) is 24.0 Å². The van der Waals surface area contributed by atoms with Crippen LogP contribution in [0.3, 0.4) is 0 Å². The minimum absolute atomic E-state index is 0.0568. The molecule has 3 aromatic rings. The molecule has 3 N–H and O–H groups in total. The molecule has 0 saturated carbocycles. The summed E-state index contributed by atoms with van der Waals surface area (Å²) in [6.07, 6.45) is 4.82. The van der Waals surface area contributed by atoms with Crippen LogP contribution in [0.15, 0.2) is 56.9 Å². The van der Waals surface area contributed by atoms with E-state index in [0.29, 0.717) is 31.7 Å². The van der Waals surface area contributed by atoms with Crippen molar-refractivity contribution in [2.75, 3.05) is 13.2 Å². The maximum absolute atomic E-state index is 12.1. The summed E-state index contributed by atoms with van der Waals surface area (Å²) < 4.78 is 32.7. The average Bonchev–Trinajstić information content (AvgIpc) is 3.33. The molecular weight excluding hydrogens is 470 g/mol. The minimum atomic E-state index is -3.68. The monoisotopic (exact) mass is 485 g/mol. The Morgan fingerprint density at radius 3 is 2.72 bits per heavy atom. The number of nitrogens with zero attached hydrogens (tertiary/aromatic N) is 1. The van der Waals surface area contributed by atoms with E-state index in [1.807, 2.05) is 0 Å². The SMILES string of the molecule is O=C1NC(=S)SC1=Cc1cc2cncc(C#Cc3ccc(S(=O)(=O)NCCO)cc3)c2o1. The van der Waals surface area contributed by atoms with Gasteiger partial charge in [-0.15, -0.1) is 0 Å². The number of sulfonamides is 1. The van der Waals surface area contributed by atoms with E-state index in [0.717, 1.165) is 5.39 Å². The highest BCUT2D eigenvalue weighted by molar-refractivity contribution is 8.26. The van der Waals surface area contributed by atoms with Gasteiger partial charge in [-0.2, -0.15) is 0 Å². The first-order valence-corrected chi connectivity index (χ1v) is 11.9. The van der Waals surface area contributed by atoms with E-state index in [1.54, 1.807) is 36.7 Å². The van der Waals surface area contributed by atoms with Crippen LogP contribution in [0.2, 0.25) is 0 Å². The highest BCUT2D eigenvalue weighted by Crippen LogP contribution is 2.29. The second kappa shape index (κ2) is 9.23. The summed E-state index contributed by atoms with van der Waals surface area (Å²) in [5, 5.41) is 12.1. The molecule has 4 rings (SSSR count). The van der Waals surface area contributed by atoms with Crippen LogP contribution in [0.25, 0.3) is 17.0 Å². The molecule has 0 bridgehead atoms. The van der Waals surface area contributed by atoms with Crippen LogP contribution in [0.1, 0.15) is 16.9 Å². The Balaban J connectivity index is 1.59. The van der Waals surface area contributed by atoms with Gasteiger partial charge in [0.25, 0.3) is 5.91 Å². The van der Waals surface area contributed by atoms with Crippen molar-refractivity contribution in [1.82, 2.24) is 15.0 Å². The van der Waals surface area contributed by atoms with Crippen LogP contribution in [0.5, 0.6) is 0 Å². The summed E-state index contributed by atoms with van der Waals surface area (Å²) in [5.41, 5.74) is 1.68. The highest BCUT2D eigenvalue weighted by Gasteiger charge is 2.22. The molecule has 32 heavy (non-hydrogen) atoms. The van der Waals surface area contributed by atoms with Crippen LogP contribution < -0.4 is 10.0 Å². The standard InChI is InChI=1S/C21H15N3O5S3/c25-8-7-23-32(27,28)17-5-2-13(3-6-17)1-4-14-11-22-12-15-9-16(29-19(14)15)10-18-20(26)24-21(30)31-18/h2-3,5-6,9-12,23,25H,7-8H2,(H,24,26,30). The fraction of sp³-hybridized carbons (Fsp3) is 0.0952. The van der Waals surface area contributed by atoms with Gasteiger partial charge in [-0.05, 0) is 30.3 Å². The molecular formula is C21H15N3O5S3. The number of hydrogen-bond donors (Lipinski definition) is 3. The normalized spacial score (nSPS) is 15.1. The summed E-state index contributed by atoms with van der Waals surface area (Å²) in [6.45, 7) is -0.341. The third kappa shape index (κ3) is 4.90. The van der Waals surface area contributed by atoms with E-state index in [1.165, 1.54) is 23.9 Å². The molecule has 8 nitrogen and oxygen atoms in total. The van der Waals surface area contributed by atoms with Gasteiger partial charge in [-0.1, -0.05) is 35.8 Å². The Kier molecular flexibility index (Phi) is 6.40. The first-order valence-electron chi connectivity index (χ1n) is 9.21. The molecule has 1 saturated heterocycles. The molecule has 162 valence electrons. The summed E-state index contributed by atoms with van der Waals surface area (Å²) in [5.74, 6) is 6.16. The fourth-order valence-electron chi connectivity index (χ4n) is 2.81. The number of amides is 1. The lowest BCUT2D eigenvalue weighted by Gasteiger charge is -2.04. The molecule has 1 aromatic carbocycles. The first-order chi connectivity index (χ1) is 15.4. The van der Waals surface area contributed by atoms with Gasteiger partial charge in [-0.3, -0.25) is 9.78 Å². The summed E-state index contributed by atoms with van der Waals surface area (Å²) in [7, 11) is -3.68. The number of aliphatic hydroxyl groups excluding tert-OH is 1. The van der Waals surface area contributed by atoms with Crippen LogP contribution in [0, 0.1) is 11.8 Å². The number of fused-ring (bicyclic) bond motifs is 1. The Morgan fingerprint density at radius 2 is 2.03 bits per heavy atom. The molecule has 0 radical (unpaired) electrons. The average molecular weight is 486 g/mol. The van der Waals surface area contributed by atoms with E-state index >= 15 is 0 Å². The van der Waals surface area contributed by atoms with Gasteiger partial charge in [0, 0.05) is 36.0 Å². The van der Waals surface area contributed by atoms with Crippen molar-refractivity contribution in [2.24, 2.45) is 0 Å². The zero-order valence-electron chi connectivity index (χ0n) is 16.3. The van der Waals surface area contributed by atoms with Gasteiger partial charge in [0.2, 0.25) is 10.0 Å². The number of aliphatic hydroxyl groups is 1. The third-order valence-electron chi connectivity index (χ3n) is 4.27. The number of pyridine rings is 1. The molecule has 3 heterocycles. The zero-order chi connectivity index (χ0) is 22.7. The number of carbonyl (C=O) groups is 1. The largest absolute Gasteiger partial charge is 0.455 e. The molecule has 2 aromatic heterocycles. The molecule has 0 aliphatic carbocycles. The summed E-state index contributed by atoms with van der Waals surface area (Å²) in [4.78, 5) is 16.6. The zero-order valence-corrected chi connectivity index (χ0v) is 18.7. The van der Waals surface area contributed by atoms with Crippen molar-refractivity contribution >= 4 is 61.3 Å². The predicted octanol–water partition coefficient (Wildman–Crippen LogP) is 1.99. The second-order valence-corrected chi connectivity index (χ2v) is 9.99. The molecule has 0 spiro atoms. The molecule has 11 heteroatoms. The summed E-state index contributed by atoms with van der Waals surface area (Å²) >= 11 is 6.15. The number of rotatable bonds is 5. The van der Waals surface area contributed by atoms with Crippen molar-refractivity contribution in [3.05, 3.63) is 64.5 Å². The summed E-state index contributed by atoms with van der Waals surface area (Å²) in [6, 6.07) is 7.81. The third-order valence-corrected chi connectivity index (χ3v) is 6.91. The fourth-order valence-corrected chi connectivity index (χ4v) is 4.86. The maximum Gasteiger partial charge on any atom is 0.263 e. The number of thiocarbonyl (C=S) groups is 1. The van der Waals surface area contributed by atoms with Gasteiger partial charge in [0.15, 0.2) is 5.58 Å². The number of thioether (sulfide) groups is 1. The van der Waals surface area contributed by atoms with Crippen LogP contribution >= 0.6 is 24.0 Å². The van der Waals surface area contributed by atoms with Gasteiger partial charge in [0.05, 0.1) is 22.0 Å². The Bertz CT molecular complexity index is 1410. The van der Waals surface area contributed by atoms with Gasteiger partial charge in [0.1, 0.15) is 10.1 Å². The van der Waals surface area contributed by atoms with E-state index in [2.05, 4.69) is 26.9 Å². The lowest BCUT2D eigenvalue weighted by atomic mass is 10.2. The van der Waals surface area contributed by atoms with Gasteiger partial charge < -0.3 is 14.8 Å². The Hall–Kier alpha value is -3.01. The number of hydrogen-bond acceptors (Lipinski definition) is 8. The maximum atomic E-state index is 12.1. The van der Waals surface area contributed by atoms with Crippen LogP contribution in [-0.4, -0.2) is 41.9 Å². The van der Waals surface area contributed by atoms with Gasteiger partial charge >= 0.3 is 0 Å². The van der Waals surface area contributed by atoms with E-state index < -0.39 is 10.0 Å². The van der Waals surface area contributed by atoms with Crippen molar-refractivity contribution in [1.29, 1.82) is 0 Å². The topological polar surface area (TPSA) is 122 Å². The van der Waals surface area contributed by atoms with Crippen molar-refractivity contribution in [3.8, 4) is 11.8 Å². The van der Waals surface area contributed by atoms with E-state index in [4.69, 9.17) is 21.7 Å². The van der Waals surface area contributed by atoms with Crippen LogP contribution in [0.4, 0.5) is 0 Å². The van der Waals surface area contributed by atoms with E-state index in [9.17, 15) is 13.2 Å². The van der Waals surface area contributed by atoms with Crippen LogP contribution in [-0.2, 0) is 14.8 Å². The number of nitrogens with one attached hydrogen (secondary N) is 2. The molecule has 1 fully saturated rings. The quantitative estimate of drug-likeness (QED) is 0.285. The number of benzene rings is 1. The number of furan rings is 1. The number of carbonyl (C=O) groups excluding carboxylic acids is 1. The van der Waals surface area contributed by atoms with Crippen molar-refractivity contribution < 1.29 is 22.7 Å². The highest BCUT2D eigenvalue weighted by atomic mass is 32.2. The minimum Gasteiger partial charge on any atom is -0.455 e. The molecule has 0 atom stereocenters. The molecule has 1 aliphatic rings.